The van der Waals surface area contributed by atoms with Crippen molar-refractivity contribution in [3.63, 3.8) is 0 Å². The van der Waals surface area contributed by atoms with E-state index in [-0.39, 0.29) is 11.6 Å². The molecule has 140 valence electrons. The molecule has 0 amide bonds. The van der Waals surface area contributed by atoms with Gasteiger partial charge in [-0.3, -0.25) is 0 Å². The van der Waals surface area contributed by atoms with Gasteiger partial charge in [0.25, 0.3) is 0 Å². The lowest BCUT2D eigenvalue weighted by molar-refractivity contribution is -0.281. The fourth-order valence-corrected chi connectivity index (χ4v) is 3.60. The van der Waals surface area contributed by atoms with Crippen molar-refractivity contribution in [2.24, 2.45) is 0 Å². The Kier molecular flexibility index (Phi) is 6.28. The Hall–Kier alpha value is -0.983. The highest BCUT2D eigenvalue weighted by atomic mass is 28.4. The molecule has 0 spiro atoms. The highest BCUT2D eigenvalue weighted by molar-refractivity contribution is 6.74. The van der Waals surface area contributed by atoms with Gasteiger partial charge in [0, 0.05) is 12.2 Å². The van der Waals surface area contributed by atoms with Crippen molar-refractivity contribution in [3.8, 4) is 0 Å². The van der Waals surface area contributed by atoms with Gasteiger partial charge in [0.2, 0.25) is 0 Å². The van der Waals surface area contributed by atoms with Crippen LogP contribution in [0.2, 0.25) is 18.1 Å². The summed E-state index contributed by atoms with van der Waals surface area (Å²) in [7, 11) is -1.82. The molecule has 4 nitrogen and oxygen atoms in total. The number of rotatable bonds is 6. The topological polar surface area (TPSA) is 47.9 Å². The van der Waals surface area contributed by atoms with E-state index in [1.54, 1.807) is 0 Å². The normalized spacial score (nSPS) is 27.9. The van der Waals surface area contributed by atoms with Crippen LogP contribution in [0.1, 0.15) is 39.0 Å². The number of hydrogen-bond acceptors (Lipinski definition) is 4. The van der Waals surface area contributed by atoms with E-state index >= 15 is 0 Å². The Labute approximate surface area is 152 Å². The first kappa shape index (κ1) is 20.3. The fourth-order valence-electron chi connectivity index (χ4n) is 2.54. The number of benzene rings is 1. The molecule has 1 N–H and O–H groups in total. The second-order valence-electron chi connectivity index (χ2n) is 8.27. The van der Waals surface area contributed by atoms with E-state index in [1.165, 1.54) is 6.08 Å². The van der Waals surface area contributed by atoms with Gasteiger partial charge in [-0.25, -0.2) is 0 Å². The maximum Gasteiger partial charge on any atom is 0.191 e. The van der Waals surface area contributed by atoms with Gasteiger partial charge in [0.15, 0.2) is 14.6 Å². The number of aliphatic hydroxyl groups is 1. The predicted molar refractivity (Wildman–Crippen MR) is 103 cm³/mol. The highest BCUT2D eigenvalue weighted by Gasteiger charge is 2.43. The molecule has 0 bridgehead atoms. The Morgan fingerprint density at radius 2 is 1.96 bits per heavy atom. The van der Waals surface area contributed by atoms with Crippen LogP contribution in [0, 0.1) is 0 Å². The molecule has 1 aliphatic heterocycles. The number of ether oxygens (including phenoxy) is 2. The zero-order valence-corrected chi connectivity index (χ0v) is 17.1. The van der Waals surface area contributed by atoms with Gasteiger partial charge < -0.3 is 19.0 Å². The fraction of sp³-hybridized carbons (Fsp3) is 0.600. The van der Waals surface area contributed by atoms with E-state index in [1.807, 2.05) is 30.3 Å². The largest absolute Gasteiger partial charge is 0.417 e. The van der Waals surface area contributed by atoms with Crippen LogP contribution in [0.4, 0.5) is 0 Å². The second kappa shape index (κ2) is 7.72. The average molecular weight is 365 g/mol. The lowest BCUT2D eigenvalue weighted by Gasteiger charge is -2.42. The zero-order chi connectivity index (χ0) is 18.7. The van der Waals surface area contributed by atoms with Gasteiger partial charge >= 0.3 is 0 Å². The minimum absolute atomic E-state index is 0.158. The van der Waals surface area contributed by atoms with Crippen LogP contribution in [0.5, 0.6) is 0 Å². The Morgan fingerprint density at radius 1 is 1.32 bits per heavy atom. The molecule has 1 aliphatic rings. The van der Waals surface area contributed by atoms with E-state index in [0.29, 0.717) is 13.0 Å². The van der Waals surface area contributed by atoms with Gasteiger partial charge in [-0.05, 0) is 24.6 Å². The molecule has 1 saturated heterocycles. The minimum atomic E-state index is -1.82. The van der Waals surface area contributed by atoms with Crippen LogP contribution in [-0.2, 0) is 13.9 Å². The summed E-state index contributed by atoms with van der Waals surface area (Å²) < 4.78 is 18.0. The van der Waals surface area contributed by atoms with Crippen molar-refractivity contribution in [3.05, 3.63) is 48.6 Å². The Morgan fingerprint density at radius 3 is 2.52 bits per heavy atom. The lowest BCUT2D eigenvalue weighted by Crippen LogP contribution is -2.52. The monoisotopic (exact) mass is 364 g/mol. The number of hydrogen-bond donors (Lipinski definition) is 1. The minimum Gasteiger partial charge on any atom is -0.417 e. The van der Waals surface area contributed by atoms with E-state index in [4.69, 9.17) is 13.9 Å². The molecule has 1 fully saturated rings. The average Bonchev–Trinajstić information content (AvgIpc) is 2.56. The first-order chi connectivity index (χ1) is 11.6. The molecule has 0 radical (unpaired) electrons. The van der Waals surface area contributed by atoms with E-state index in [9.17, 15) is 5.11 Å². The summed E-state index contributed by atoms with van der Waals surface area (Å²) in [5.41, 5.74) is -0.244. The molecule has 25 heavy (non-hydrogen) atoms. The SMILES string of the molecule is C=C[C@]1(O)CO[C@@H](c2ccccc2)O[C@H]1CCO[Si](C)(C)C(C)(C)C. The molecule has 1 aromatic rings. The van der Waals surface area contributed by atoms with Gasteiger partial charge in [-0.1, -0.05) is 57.2 Å². The summed E-state index contributed by atoms with van der Waals surface area (Å²) in [5.74, 6) is 0. The first-order valence-corrected chi connectivity index (χ1v) is 11.8. The van der Waals surface area contributed by atoms with Crippen LogP contribution in [0.3, 0.4) is 0 Å². The molecule has 0 unspecified atom stereocenters. The summed E-state index contributed by atoms with van der Waals surface area (Å²) in [4.78, 5) is 0. The zero-order valence-electron chi connectivity index (χ0n) is 16.1. The van der Waals surface area contributed by atoms with Crippen LogP contribution >= 0.6 is 0 Å². The summed E-state index contributed by atoms with van der Waals surface area (Å²) >= 11 is 0. The van der Waals surface area contributed by atoms with Gasteiger partial charge in [-0.2, -0.15) is 0 Å². The second-order valence-corrected chi connectivity index (χ2v) is 13.1. The van der Waals surface area contributed by atoms with Gasteiger partial charge in [-0.15, -0.1) is 6.58 Å². The van der Waals surface area contributed by atoms with Gasteiger partial charge in [0.05, 0.1) is 12.7 Å². The van der Waals surface area contributed by atoms with E-state index < -0.39 is 26.3 Å². The van der Waals surface area contributed by atoms with Crippen LogP contribution < -0.4 is 0 Å². The molecular formula is C20H32O4Si. The molecule has 0 aromatic heterocycles. The highest BCUT2D eigenvalue weighted by Crippen LogP contribution is 2.38. The van der Waals surface area contributed by atoms with Crippen molar-refractivity contribution in [2.75, 3.05) is 13.2 Å². The van der Waals surface area contributed by atoms with Crippen LogP contribution in [0.15, 0.2) is 43.0 Å². The lowest BCUT2D eigenvalue weighted by atomic mass is 9.94. The molecule has 0 aliphatic carbocycles. The quantitative estimate of drug-likeness (QED) is 0.599. The summed E-state index contributed by atoms with van der Waals surface area (Å²) in [6.07, 6.45) is 1.24. The van der Waals surface area contributed by atoms with Crippen molar-refractivity contribution in [1.82, 2.24) is 0 Å². The van der Waals surface area contributed by atoms with Crippen molar-refractivity contribution in [2.45, 2.75) is 63.3 Å². The predicted octanol–water partition coefficient (Wildman–Crippen LogP) is 4.43. The van der Waals surface area contributed by atoms with Gasteiger partial charge in [0.1, 0.15) is 5.60 Å². The summed E-state index contributed by atoms with van der Waals surface area (Å²) in [6, 6.07) is 9.78. The van der Waals surface area contributed by atoms with Crippen molar-refractivity contribution < 1.29 is 19.0 Å². The van der Waals surface area contributed by atoms with E-state index in [2.05, 4.69) is 40.4 Å². The maximum atomic E-state index is 10.8. The van der Waals surface area contributed by atoms with Crippen LogP contribution in [0.25, 0.3) is 0 Å². The molecule has 0 saturated carbocycles. The summed E-state index contributed by atoms with van der Waals surface area (Å²) in [5, 5.41) is 10.9. The third kappa shape index (κ3) is 4.80. The third-order valence-electron chi connectivity index (χ3n) is 5.39. The molecule has 5 heteroatoms. The standard InChI is InChI=1S/C20H32O4Si/c1-7-20(21)15-22-18(16-11-9-8-10-12-16)24-17(20)13-14-23-25(5,6)19(2,3)4/h7-12,17-18,21H,1,13-15H2,2-6H3/t17-,18+,20-/m0/s1. The van der Waals surface area contributed by atoms with E-state index in [0.717, 1.165) is 5.56 Å². The molecule has 3 atom stereocenters. The molecule has 1 heterocycles. The van der Waals surface area contributed by atoms with Crippen molar-refractivity contribution in [1.29, 1.82) is 0 Å². The summed E-state index contributed by atoms with van der Waals surface area (Å²) in [6.45, 7) is 15.6. The molecule has 2 rings (SSSR count). The molecular weight excluding hydrogens is 332 g/mol. The smallest absolute Gasteiger partial charge is 0.191 e. The Bertz CT molecular complexity index is 567. The Balaban J connectivity index is 2.03. The third-order valence-corrected chi connectivity index (χ3v) is 9.92. The first-order valence-electron chi connectivity index (χ1n) is 8.91. The molecule has 1 aromatic carbocycles. The van der Waals surface area contributed by atoms with Crippen LogP contribution in [-0.4, -0.2) is 38.3 Å². The maximum absolute atomic E-state index is 10.8. The van der Waals surface area contributed by atoms with Crippen molar-refractivity contribution >= 4 is 8.32 Å².